The Hall–Kier alpha value is -0.650. The Labute approximate surface area is 104 Å². The number of hydrogen-bond acceptors (Lipinski definition) is 4. The Bertz CT molecular complexity index is 224. The van der Waals surface area contributed by atoms with Crippen LogP contribution in [0.2, 0.25) is 0 Å². The van der Waals surface area contributed by atoms with E-state index in [0.717, 1.165) is 13.0 Å². The average Bonchev–Trinajstić information content (AvgIpc) is 2.26. The molecular formula is C12H26N2O3. The van der Waals surface area contributed by atoms with Crippen molar-refractivity contribution in [2.45, 2.75) is 45.3 Å². The highest BCUT2D eigenvalue weighted by atomic mass is 16.5. The maximum Gasteiger partial charge on any atom is 0.237 e. The third kappa shape index (κ3) is 6.61. The summed E-state index contributed by atoms with van der Waals surface area (Å²) >= 11 is 0. The first-order valence-corrected chi connectivity index (χ1v) is 6.11. The number of hydrogen-bond donors (Lipinski definition) is 2. The molecule has 0 heterocycles. The number of ether oxygens (including phenoxy) is 2. The predicted octanol–water partition coefficient (Wildman–Crippen LogP) is 0.672. The van der Waals surface area contributed by atoms with Crippen LogP contribution in [0, 0.1) is 0 Å². The average molecular weight is 246 g/mol. The molecule has 0 bridgehead atoms. The Morgan fingerprint density at radius 2 is 2.18 bits per heavy atom. The van der Waals surface area contributed by atoms with Crippen LogP contribution in [0.1, 0.15) is 33.6 Å². The van der Waals surface area contributed by atoms with Gasteiger partial charge in [0.05, 0.1) is 18.2 Å². The van der Waals surface area contributed by atoms with Crippen LogP contribution in [0.4, 0.5) is 0 Å². The van der Waals surface area contributed by atoms with E-state index in [2.05, 4.69) is 5.32 Å². The molecule has 0 aliphatic heterocycles. The van der Waals surface area contributed by atoms with Gasteiger partial charge >= 0.3 is 0 Å². The van der Waals surface area contributed by atoms with Gasteiger partial charge in [-0.1, -0.05) is 6.92 Å². The molecule has 0 spiro atoms. The standard InChI is InChI=1S/C12H26N2O3/c1-5-7-14-12(3,11(13)15)6-8-17-10(2)9-16-4/h10,14H,5-9H2,1-4H3,(H2,13,15). The normalized spacial score (nSPS) is 16.5. The first-order valence-electron chi connectivity index (χ1n) is 6.11. The summed E-state index contributed by atoms with van der Waals surface area (Å²) in [7, 11) is 1.64. The fourth-order valence-corrected chi connectivity index (χ4v) is 1.45. The number of nitrogens with one attached hydrogen (secondary N) is 1. The first kappa shape index (κ1) is 16.4. The molecule has 0 aromatic rings. The number of methoxy groups -OCH3 is 1. The molecule has 0 rings (SSSR count). The Balaban J connectivity index is 4.04. The molecule has 17 heavy (non-hydrogen) atoms. The summed E-state index contributed by atoms with van der Waals surface area (Å²) in [5, 5.41) is 3.17. The highest BCUT2D eigenvalue weighted by Crippen LogP contribution is 2.10. The Morgan fingerprint density at radius 1 is 1.53 bits per heavy atom. The van der Waals surface area contributed by atoms with Gasteiger partial charge in [-0.2, -0.15) is 0 Å². The quantitative estimate of drug-likeness (QED) is 0.594. The van der Waals surface area contributed by atoms with Crippen molar-refractivity contribution in [3.05, 3.63) is 0 Å². The van der Waals surface area contributed by atoms with E-state index < -0.39 is 5.54 Å². The lowest BCUT2D eigenvalue weighted by Gasteiger charge is -2.28. The van der Waals surface area contributed by atoms with Gasteiger partial charge in [-0.25, -0.2) is 0 Å². The molecule has 0 fully saturated rings. The van der Waals surface area contributed by atoms with Crippen molar-refractivity contribution in [1.82, 2.24) is 5.32 Å². The van der Waals surface area contributed by atoms with Gasteiger partial charge in [-0.3, -0.25) is 4.79 Å². The summed E-state index contributed by atoms with van der Waals surface area (Å²) < 4.78 is 10.5. The lowest BCUT2D eigenvalue weighted by Crippen LogP contribution is -2.54. The van der Waals surface area contributed by atoms with Gasteiger partial charge in [-0.15, -0.1) is 0 Å². The first-order chi connectivity index (χ1) is 7.96. The molecule has 1 amide bonds. The second-order valence-corrected chi connectivity index (χ2v) is 4.51. The fraction of sp³-hybridized carbons (Fsp3) is 0.917. The maximum absolute atomic E-state index is 11.4. The predicted molar refractivity (Wildman–Crippen MR) is 67.8 cm³/mol. The summed E-state index contributed by atoms with van der Waals surface area (Å²) in [5.41, 5.74) is 4.71. The van der Waals surface area contributed by atoms with Gasteiger partial charge in [0.15, 0.2) is 0 Å². The van der Waals surface area contributed by atoms with Crippen molar-refractivity contribution in [2.24, 2.45) is 5.73 Å². The molecule has 0 aliphatic carbocycles. The molecule has 102 valence electrons. The minimum absolute atomic E-state index is 0.0308. The fourth-order valence-electron chi connectivity index (χ4n) is 1.45. The van der Waals surface area contributed by atoms with Crippen molar-refractivity contribution < 1.29 is 14.3 Å². The summed E-state index contributed by atoms with van der Waals surface area (Å²) in [6, 6.07) is 0. The highest BCUT2D eigenvalue weighted by Gasteiger charge is 2.29. The van der Waals surface area contributed by atoms with Gasteiger partial charge in [-0.05, 0) is 33.2 Å². The molecule has 0 aromatic carbocycles. The smallest absolute Gasteiger partial charge is 0.237 e. The van der Waals surface area contributed by atoms with Crippen LogP contribution >= 0.6 is 0 Å². The van der Waals surface area contributed by atoms with Gasteiger partial charge in [0.25, 0.3) is 0 Å². The lowest BCUT2D eigenvalue weighted by molar-refractivity contribution is -0.125. The van der Waals surface area contributed by atoms with Crippen LogP contribution in [0.25, 0.3) is 0 Å². The second-order valence-electron chi connectivity index (χ2n) is 4.51. The molecule has 0 radical (unpaired) electrons. The molecule has 2 unspecified atom stereocenters. The maximum atomic E-state index is 11.4. The van der Waals surface area contributed by atoms with Crippen LogP contribution in [-0.2, 0) is 14.3 Å². The van der Waals surface area contributed by atoms with E-state index in [4.69, 9.17) is 15.2 Å². The van der Waals surface area contributed by atoms with E-state index in [1.807, 2.05) is 20.8 Å². The molecule has 5 heteroatoms. The van der Waals surface area contributed by atoms with E-state index in [1.54, 1.807) is 7.11 Å². The molecule has 2 atom stereocenters. The van der Waals surface area contributed by atoms with Gasteiger partial charge in [0.1, 0.15) is 0 Å². The zero-order chi connectivity index (χ0) is 13.3. The van der Waals surface area contributed by atoms with Crippen molar-refractivity contribution in [2.75, 3.05) is 26.9 Å². The van der Waals surface area contributed by atoms with Crippen molar-refractivity contribution in [3.8, 4) is 0 Å². The largest absolute Gasteiger partial charge is 0.382 e. The Morgan fingerprint density at radius 3 is 2.65 bits per heavy atom. The van der Waals surface area contributed by atoms with Gasteiger partial charge in [0.2, 0.25) is 5.91 Å². The molecule has 5 nitrogen and oxygen atoms in total. The van der Waals surface area contributed by atoms with Crippen molar-refractivity contribution >= 4 is 5.91 Å². The third-order valence-electron chi connectivity index (χ3n) is 2.71. The Kier molecular flexibility index (Phi) is 8.12. The van der Waals surface area contributed by atoms with E-state index in [-0.39, 0.29) is 12.0 Å². The molecule has 3 N–H and O–H groups in total. The van der Waals surface area contributed by atoms with E-state index in [0.29, 0.717) is 19.6 Å². The second kappa shape index (κ2) is 8.44. The molecule has 0 aliphatic rings. The van der Waals surface area contributed by atoms with Crippen LogP contribution in [0.5, 0.6) is 0 Å². The number of amides is 1. The van der Waals surface area contributed by atoms with E-state index >= 15 is 0 Å². The number of carbonyl (C=O) groups excluding carboxylic acids is 1. The van der Waals surface area contributed by atoms with Crippen LogP contribution < -0.4 is 11.1 Å². The summed E-state index contributed by atoms with van der Waals surface area (Å²) in [6.07, 6.45) is 1.56. The van der Waals surface area contributed by atoms with Crippen molar-refractivity contribution in [1.29, 1.82) is 0 Å². The van der Waals surface area contributed by atoms with E-state index in [9.17, 15) is 4.79 Å². The summed E-state index contributed by atoms with van der Waals surface area (Å²) in [5.74, 6) is -0.339. The number of carbonyl (C=O) groups is 1. The zero-order valence-corrected chi connectivity index (χ0v) is 11.4. The summed E-state index contributed by atoms with van der Waals surface area (Å²) in [4.78, 5) is 11.4. The van der Waals surface area contributed by atoms with Crippen LogP contribution in [0.3, 0.4) is 0 Å². The molecule has 0 aromatic heterocycles. The van der Waals surface area contributed by atoms with Crippen molar-refractivity contribution in [3.63, 3.8) is 0 Å². The minimum Gasteiger partial charge on any atom is -0.382 e. The zero-order valence-electron chi connectivity index (χ0n) is 11.4. The molecular weight excluding hydrogens is 220 g/mol. The third-order valence-corrected chi connectivity index (χ3v) is 2.71. The monoisotopic (exact) mass is 246 g/mol. The number of rotatable bonds is 10. The number of primary amides is 1. The molecule has 0 saturated carbocycles. The van der Waals surface area contributed by atoms with Crippen LogP contribution in [0.15, 0.2) is 0 Å². The SMILES string of the molecule is CCCNC(C)(CCOC(C)COC)C(N)=O. The number of nitrogens with two attached hydrogens (primary N) is 1. The van der Waals surface area contributed by atoms with E-state index in [1.165, 1.54) is 0 Å². The highest BCUT2D eigenvalue weighted by molar-refractivity contribution is 5.84. The topological polar surface area (TPSA) is 73.6 Å². The van der Waals surface area contributed by atoms with Crippen LogP contribution in [-0.4, -0.2) is 44.4 Å². The molecule has 0 saturated heterocycles. The summed E-state index contributed by atoms with van der Waals surface area (Å²) in [6.45, 7) is 7.61. The minimum atomic E-state index is -0.692. The van der Waals surface area contributed by atoms with Gasteiger partial charge < -0.3 is 20.5 Å². The van der Waals surface area contributed by atoms with Gasteiger partial charge in [0, 0.05) is 13.7 Å². The lowest BCUT2D eigenvalue weighted by atomic mass is 9.97.